The number of piperidine rings is 1. The molecule has 0 unspecified atom stereocenters. The molecule has 3 aromatic rings. The van der Waals surface area contributed by atoms with Crippen LogP contribution >= 0.6 is 0 Å². The van der Waals surface area contributed by atoms with Crippen LogP contribution in [-0.4, -0.2) is 64.1 Å². The first-order valence-corrected chi connectivity index (χ1v) is 13.0. The van der Waals surface area contributed by atoms with E-state index in [-0.39, 0.29) is 29.9 Å². The third-order valence-electron chi connectivity index (χ3n) is 6.95. The summed E-state index contributed by atoms with van der Waals surface area (Å²) in [6, 6.07) is 9.77. The number of ether oxygens (including phenoxy) is 2. The zero-order valence-corrected chi connectivity index (χ0v) is 21.6. The van der Waals surface area contributed by atoms with Crippen molar-refractivity contribution in [3.8, 4) is 0 Å². The molecule has 3 N–H and O–H groups in total. The van der Waals surface area contributed by atoms with Crippen LogP contribution in [0.5, 0.6) is 0 Å². The third kappa shape index (κ3) is 5.49. The largest absolute Gasteiger partial charge is 0.462 e. The number of aliphatic hydroxyl groups is 1. The molecule has 9 nitrogen and oxygen atoms in total. The summed E-state index contributed by atoms with van der Waals surface area (Å²) in [4.78, 5) is 35.7. The van der Waals surface area contributed by atoms with Gasteiger partial charge in [-0.2, -0.15) is 0 Å². The molecule has 1 saturated heterocycles. The third-order valence-corrected chi connectivity index (χ3v) is 6.95. The standard InChI is InChI=1S/C29H32N4O5/c1-3-37-29(36)25-26(35)24(16-20-17-31-27-22(20)5-4-11-30-27)38-28(25)32-23-7-6-19(15-18(23)2)8-12-33-13-9-21(34)10-14-33/h4-7,11,15-17,21,32,34H,3,8-10,12-14H2,1-2H3,(H,30,31)/b24-16-. The zero-order chi connectivity index (χ0) is 26.6. The van der Waals surface area contributed by atoms with Crippen LogP contribution in [0.1, 0.15) is 36.5 Å². The Kier molecular flexibility index (Phi) is 7.57. The highest BCUT2D eigenvalue weighted by Gasteiger charge is 2.37. The maximum atomic E-state index is 13.2. The monoisotopic (exact) mass is 516 g/mol. The predicted molar refractivity (Wildman–Crippen MR) is 144 cm³/mol. The number of hydrogen-bond donors (Lipinski definition) is 3. The summed E-state index contributed by atoms with van der Waals surface area (Å²) in [7, 11) is 0. The van der Waals surface area contributed by atoms with Crippen molar-refractivity contribution in [3.63, 3.8) is 0 Å². The number of nitrogens with zero attached hydrogens (tertiary/aromatic N) is 2. The molecule has 0 bridgehead atoms. The number of ketones is 1. The van der Waals surface area contributed by atoms with E-state index in [4.69, 9.17) is 9.47 Å². The van der Waals surface area contributed by atoms with Crippen LogP contribution in [-0.2, 0) is 25.5 Å². The Hall–Kier alpha value is -3.95. The zero-order valence-electron chi connectivity index (χ0n) is 21.6. The van der Waals surface area contributed by atoms with E-state index in [9.17, 15) is 14.7 Å². The number of carbonyl (C=O) groups is 2. The minimum atomic E-state index is -0.732. The fraction of sp³-hybridized carbons (Fsp3) is 0.345. The van der Waals surface area contributed by atoms with Crippen molar-refractivity contribution in [2.75, 3.05) is 31.6 Å². The first-order chi connectivity index (χ1) is 18.4. The number of carbonyl (C=O) groups excluding carboxylic acids is 2. The quantitative estimate of drug-likeness (QED) is 0.236. The molecule has 1 aromatic carbocycles. The van der Waals surface area contributed by atoms with E-state index in [1.54, 1.807) is 25.4 Å². The van der Waals surface area contributed by atoms with E-state index in [2.05, 4.69) is 26.3 Å². The van der Waals surface area contributed by atoms with E-state index in [1.807, 2.05) is 31.2 Å². The molecular weight excluding hydrogens is 484 g/mol. The second-order valence-corrected chi connectivity index (χ2v) is 9.61. The van der Waals surface area contributed by atoms with E-state index < -0.39 is 11.8 Å². The highest BCUT2D eigenvalue weighted by Crippen LogP contribution is 2.31. The first-order valence-electron chi connectivity index (χ1n) is 13.0. The number of esters is 1. The van der Waals surface area contributed by atoms with Gasteiger partial charge in [-0.05, 0) is 68.5 Å². The molecule has 198 valence electrons. The number of allylic oxidation sites excluding steroid dienone is 1. The Morgan fingerprint density at radius 3 is 2.89 bits per heavy atom. The lowest BCUT2D eigenvalue weighted by Crippen LogP contribution is -2.37. The number of anilines is 1. The second kappa shape index (κ2) is 11.2. The van der Waals surface area contributed by atoms with Gasteiger partial charge in [-0.25, -0.2) is 9.78 Å². The predicted octanol–water partition coefficient (Wildman–Crippen LogP) is 3.70. The number of pyridine rings is 1. The Morgan fingerprint density at radius 1 is 1.32 bits per heavy atom. The van der Waals surface area contributed by atoms with Crippen LogP contribution in [0.4, 0.5) is 5.69 Å². The number of Topliss-reactive ketones (excluding diaryl/α,β-unsaturated/α-hetero) is 1. The summed E-state index contributed by atoms with van der Waals surface area (Å²) in [5.41, 5.74) is 4.14. The van der Waals surface area contributed by atoms with Crippen LogP contribution < -0.4 is 5.32 Å². The summed E-state index contributed by atoms with van der Waals surface area (Å²) in [6.45, 7) is 6.57. The second-order valence-electron chi connectivity index (χ2n) is 9.61. The summed E-state index contributed by atoms with van der Waals surface area (Å²) >= 11 is 0. The number of likely N-dealkylation sites (tertiary alicyclic amines) is 1. The molecular formula is C29H32N4O5. The van der Waals surface area contributed by atoms with Gasteiger partial charge in [0.25, 0.3) is 0 Å². The fourth-order valence-electron chi connectivity index (χ4n) is 4.82. The number of fused-ring (bicyclic) bond motifs is 1. The number of aromatic nitrogens is 2. The number of H-pyrrole nitrogens is 1. The van der Waals surface area contributed by atoms with Crippen molar-refractivity contribution in [2.24, 2.45) is 0 Å². The van der Waals surface area contributed by atoms with Gasteiger partial charge in [0.2, 0.25) is 11.7 Å². The molecule has 0 atom stereocenters. The Morgan fingerprint density at radius 2 is 2.13 bits per heavy atom. The summed E-state index contributed by atoms with van der Waals surface area (Å²) < 4.78 is 11.1. The summed E-state index contributed by atoms with van der Waals surface area (Å²) in [5, 5.41) is 13.7. The molecule has 2 aliphatic rings. The lowest BCUT2D eigenvalue weighted by Gasteiger charge is -2.29. The Labute approximate surface area is 221 Å². The van der Waals surface area contributed by atoms with Crippen molar-refractivity contribution in [1.29, 1.82) is 0 Å². The van der Waals surface area contributed by atoms with Crippen LogP contribution in [0.3, 0.4) is 0 Å². The van der Waals surface area contributed by atoms with E-state index in [0.717, 1.165) is 61.1 Å². The van der Waals surface area contributed by atoms with E-state index >= 15 is 0 Å². The topological polar surface area (TPSA) is 117 Å². The van der Waals surface area contributed by atoms with Crippen molar-refractivity contribution >= 4 is 34.5 Å². The normalized spacial score (nSPS) is 17.9. The summed E-state index contributed by atoms with van der Waals surface area (Å²) in [6.07, 6.45) is 7.40. The average molecular weight is 517 g/mol. The van der Waals surface area contributed by atoms with Gasteiger partial charge in [0, 0.05) is 48.7 Å². The van der Waals surface area contributed by atoms with Gasteiger partial charge in [0.05, 0.1) is 12.7 Å². The number of benzene rings is 1. The Bertz CT molecular complexity index is 1420. The molecule has 0 saturated carbocycles. The van der Waals surface area contributed by atoms with Crippen molar-refractivity contribution in [3.05, 3.63) is 76.6 Å². The molecule has 38 heavy (non-hydrogen) atoms. The fourth-order valence-corrected chi connectivity index (χ4v) is 4.82. The van der Waals surface area contributed by atoms with Crippen LogP contribution in [0.25, 0.3) is 17.1 Å². The number of rotatable bonds is 8. The smallest absolute Gasteiger partial charge is 0.347 e. The highest BCUT2D eigenvalue weighted by molar-refractivity contribution is 6.26. The Balaban J connectivity index is 1.34. The van der Waals surface area contributed by atoms with Crippen LogP contribution in [0.2, 0.25) is 0 Å². The minimum absolute atomic E-state index is 0.0289. The number of aromatic amines is 1. The van der Waals surface area contributed by atoms with Gasteiger partial charge in [0.1, 0.15) is 5.65 Å². The van der Waals surface area contributed by atoms with Crippen molar-refractivity contribution < 1.29 is 24.2 Å². The minimum Gasteiger partial charge on any atom is -0.462 e. The average Bonchev–Trinajstić information content (AvgIpc) is 3.46. The maximum absolute atomic E-state index is 13.2. The molecule has 5 rings (SSSR count). The number of hydrogen-bond acceptors (Lipinski definition) is 8. The molecule has 0 radical (unpaired) electrons. The molecule has 0 amide bonds. The van der Waals surface area contributed by atoms with Gasteiger partial charge in [0.15, 0.2) is 11.3 Å². The van der Waals surface area contributed by atoms with Crippen LogP contribution in [0, 0.1) is 6.92 Å². The summed E-state index contributed by atoms with van der Waals surface area (Å²) in [5.74, 6) is -1.18. The molecule has 9 heteroatoms. The number of nitrogens with one attached hydrogen (secondary N) is 2. The molecule has 0 aliphatic carbocycles. The molecule has 0 spiro atoms. The van der Waals surface area contributed by atoms with Crippen molar-refractivity contribution in [2.45, 2.75) is 39.2 Å². The van der Waals surface area contributed by atoms with Gasteiger partial charge in [-0.15, -0.1) is 0 Å². The number of aliphatic hydroxyl groups excluding tert-OH is 1. The number of aryl methyl sites for hydroxylation is 1. The molecule has 2 aromatic heterocycles. The lowest BCUT2D eigenvalue weighted by atomic mass is 10.0. The first kappa shape index (κ1) is 25.7. The van der Waals surface area contributed by atoms with E-state index in [0.29, 0.717) is 5.65 Å². The molecule has 4 heterocycles. The van der Waals surface area contributed by atoms with Gasteiger partial charge in [-0.3, -0.25) is 4.79 Å². The molecule has 2 aliphatic heterocycles. The van der Waals surface area contributed by atoms with E-state index in [1.165, 1.54) is 5.56 Å². The van der Waals surface area contributed by atoms with Gasteiger partial charge < -0.3 is 29.8 Å². The SMILES string of the molecule is CCOC(=O)C1=C(Nc2ccc(CCN3CCC(O)CC3)cc2C)O/C(=C\c2c[nH]c3ncccc23)C1=O. The lowest BCUT2D eigenvalue weighted by molar-refractivity contribution is -0.139. The molecule has 1 fully saturated rings. The van der Waals surface area contributed by atoms with Crippen LogP contribution in [0.15, 0.2) is 59.9 Å². The highest BCUT2D eigenvalue weighted by atomic mass is 16.5. The maximum Gasteiger partial charge on any atom is 0.347 e. The van der Waals surface area contributed by atoms with Crippen molar-refractivity contribution in [1.82, 2.24) is 14.9 Å². The van der Waals surface area contributed by atoms with Gasteiger partial charge >= 0.3 is 5.97 Å². The van der Waals surface area contributed by atoms with Gasteiger partial charge in [-0.1, -0.05) is 12.1 Å².